The van der Waals surface area contributed by atoms with E-state index >= 15 is 0 Å². The lowest BCUT2D eigenvalue weighted by atomic mass is 9.77. The lowest BCUT2D eigenvalue weighted by Gasteiger charge is -2.35. The number of carbonyl (C=O) groups is 2. The fourth-order valence-corrected chi connectivity index (χ4v) is 4.07. The average Bonchev–Trinajstić information content (AvgIpc) is 2.97. The number of carbonyl (C=O) groups excluding carboxylic acids is 2. The minimum Gasteiger partial charge on any atom is -0.491 e. The van der Waals surface area contributed by atoms with Crippen LogP contribution in [-0.2, 0) is 4.79 Å². The first-order valence-electron chi connectivity index (χ1n) is 8.58. The highest BCUT2D eigenvalue weighted by molar-refractivity contribution is 5.95. The van der Waals surface area contributed by atoms with E-state index in [-0.39, 0.29) is 29.3 Å². The molecule has 0 radical (unpaired) electrons. The lowest BCUT2D eigenvalue weighted by Crippen LogP contribution is -2.48. The summed E-state index contributed by atoms with van der Waals surface area (Å²) in [5.41, 5.74) is -0.235. The zero-order valence-corrected chi connectivity index (χ0v) is 14.7. The van der Waals surface area contributed by atoms with Gasteiger partial charge in [0.25, 0.3) is 5.91 Å². The van der Waals surface area contributed by atoms with Gasteiger partial charge in [0, 0.05) is 20.0 Å². The fraction of sp³-hybridized carbons (Fsp3) is 0.556. The Morgan fingerprint density at radius 3 is 2.50 bits per heavy atom. The second-order valence-corrected chi connectivity index (χ2v) is 7.02. The summed E-state index contributed by atoms with van der Waals surface area (Å²) in [7, 11) is 1.14. The number of nitrogens with zero attached hydrogens (tertiary/aromatic N) is 1. The second kappa shape index (κ2) is 7.19. The van der Waals surface area contributed by atoms with Crippen molar-refractivity contribution in [3.05, 3.63) is 29.3 Å². The van der Waals surface area contributed by atoms with Crippen molar-refractivity contribution in [3.63, 3.8) is 0 Å². The highest BCUT2D eigenvalue weighted by atomic mass is 19.1. The largest absolute Gasteiger partial charge is 0.491 e. The highest BCUT2D eigenvalue weighted by Crippen LogP contribution is 2.37. The zero-order chi connectivity index (χ0) is 19.0. The van der Waals surface area contributed by atoms with E-state index in [4.69, 9.17) is 4.74 Å². The van der Waals surface area contributed by atoms with Gasteiger partial charge in [-0.05, 0) is 36.8 Å². The van der Waals surface area contributed by atoms with E-state index in [1.807, 2.05) is 0 Å². The van der Waals surface area contributed by atoms with Crippen molar-refractivity contribution in [3.8, 4) is 5.75 Å². The number of amides is 2. The van der Waals surface area contributed by atoms with Crippen LogP contribution in [0.25, 0.3) is 0 Å². The number of hydrogen-bond donors (Lipinski definition) is 2. The minimum atomic E-state index is -1.01. The maximum atomic E-state index is 14.4. The number of benzene rings is 1. The maximum absolute atomic E-state index is 14.4. The third kappa shape index (κ3) is 3.38. The molecule has 1 saturated heterocycles. The number of likely N-dealkylation sites (tertiary alicyclic amines) is 1. The molecule has 0 aromatic heterocycles. The van der Waals surface area contributed by atoms with Gasteiger partial charge in [-0.1, -0.05) is 0 Å². The number of rotatable bonds is 3. The molecule has 0 spiro atoms. The summed E-state index contributed by atoms with van der Waals surface area (Å²) in [5, 5.41) is 13.0. The Morgan fingerprint density at radius 2 is 1.88 bits per heavy atom. The normalized spacial score (nSPS) is 27.8. The minimum absolute atomic E-state index is 0.0874. The van der Waals surface area contributed by atoms with E-state index in [2.05, 4.69) is 5.32 Å². The Hall–Kier alpha value is -2.22. The van der Waals surface area contributed by atoms with E-state index in [9.17, 15) is 23.5 Å². The summed E-state index contributed by atoms with van der Waals surface area (Å²) < 4.78 is 32.6. The van der Waals surface area contributed by atoms with Gasteiger partial charge in [0.15, 0.2) is 17.4 Å². The predicted molar refractivity (Wildman–Crippen MR) is 88.6 cm³/mol. The van der Waals surface area contributed by atoms with E-state index < -0.39 is 29.4 Å². The van der Waals surface area contributed by atoms with Gasteiger partial charge in [-0.15, -0.1) is 0 Å². The molecule has 2 fully saturated rings. The van der Waals surface area contributed by atoms with Crippen LogP contribution < -0.4 is 10.1 Å². The van der Waals surface area contributed by atoms with Crippen LogP contribution >= 0.6 is 0 Å². The first-order chi connectivity index (χ1) is 12.3. The number of aliphatic hydroxyl groups is 1. The van der Waals surface area contributed by atoms with Crippen LogP contribution in [0.5, 0.6) is 5.75 Å². The zero-order valence-electron chi connectivity index (χ0n) is 14.7. The summed E-state index contributed by atoms with van der Waals surface area (Å²) in [6.45, 7) is 2.20. The molecule has 1 aliphatic heterocycles. The molecule has 2 N–H and O–H groups in total. The third-order valence-corrected chi connectivity index (χ3v) is 5.30. The highest BCUT2D eigenvalue weighted by Gasteiger charge is 2.43. The number of aliphatic hydroxyl groups excluding tert-OH is 1. The van der Waals surface area contributed by atoms with Crippen LogP contribution in [0.4, 0.5) is 8.78 Å². The third-order valence-electron chi connectivity index (χ3n) is 5.30. The van der Waals surface area contributed by atoms with E-state index in [1.54, 1.807) is 0 Å². The number of hydrogen-bond acceptors (Lipinski definition) is 4. The number of ether oxygens (including phenoxy) is 1. The number of methoxy groups -OCH3 is 1. The van der Waals surface area contributed by atoms with E-state index in [0.717, 1.165) is 19.2 Å². The van der Waals surface area contributed by atoms with Crippen molar-refractivity contribution in [1.82, 2.24) is 10.2 Å². The van der Waals surface area contributed by atoms with Gasteiger partial charge in [-0.25, -0.2) is 8.78 Å². The monoisotopic (exact) mass is 368 g/mol. The summed E-state index contributed by atoms with van der Waals surface area (Å²) in [4.78, 5) is 25.5. The molecule has 1 heterocycles. The summed E-state index contributed by atoms with van der Waals surface area (Å²) in [6.07, 6.45) is 0.358. The Morgan fingerprint density at radius 1 is 1.23 bits per heavy atom. The molecule has 2 amide bonds. The van der Waals surface area contributed by atoms with Crippen LogP contribution in [0.3, 0.4) is 0 Å². The molecular formula is C18H22F2N2O4. The molecule has 6 nitrogen and oxygen atoms in total. The Balaban J connectivity index is 1.75. The number of fused-ring (bicyclic) bond motifs is 1. The quantitative estimate of drug-likeness (QED) is 0.844. The standard InChI is InChI=1S/C18H22F2N2O4/c1-9(23)21-14-5-10-7-22(8-11(10)6-15(14)24)18(25)12-3-4-13(19)17(26-2)16(12)20/h3-4,10-11,14-15,24H,5-8H2,1-2H3,(H,21,23)/t10-,11+,14-,15-/m1/s1. The number of halogens is 2. The van der Waals surface area contributed by atoms with Gasteiger partial charge < -0.3 is 20.1 Å². The van der Waals surface area contributed by atoms with Crippen LogP contribution in [-0.4, -0.2) is 54.2 Å². The molecule has 1 aliphatic carbocycles. The Bertz CT molecular complexity index is 727. The lowest BCUT2D eigenvalue weighted by molar-refractivity contribution is -0.121. The molecule has 4 atom stereocenters. The van der Waals surface area contributed by atoms with Gasteiger partial charge in [0.2, 0.25) is 5.91 Å². The van der Waals surface area contributed by atoms with Crippen molar-refractivity contribution in [1.29, 1.82) is 0 Å². The first kappa shape index (κ1) is 18.6. The van der Waals surface area contributed by atoms with Crippen molar-refractivity contribution in [2.24, 2.45) is 11.8 Å². The van der Waals surface area contributed by atoms with Gasteiger partial charge in [-0.3, -0.25) is 9.59 Å². The molecule has 1 aromatic carbocycles. The first-order valence-corrected chi connectivity index (χ1v) is 8.58. The molecular weight excluding hydrogens is 346 g/mol. The van der Waals surface area contributed by atoms with Crippen LogP contribution in [0.15, 0.2) is 12.1 Å². The van der Waals surface area contributed by atoms with Crippen LogP contribution in [0.1, 0.15) is 30.1 Å². The maximum Gasteiger partial charge on any atom is 0.256 e. The molecule has 1 aromatic rings. The summed E-state index contributed by atoms with van der Waals surface area (Å²) in [6, 6.07) is 1.79. The van der Waals surface area contributed by atoms with Crippen molar-refractivity contribution < 1.29 is 28.2 Å². The molecule has 142 valence electrons. The SMILES string of the molecule is COc1c(F)ccc(C(=O)N2C[C@H]3C[C@@H](NC(C)=O)[C@H](O)C[C@H]3C2)c1F. The van der Waals surface area contributed by atoms with Crippen LogP contribution in [0, 0.1) is 23.5 Å². The van der Waals surface area contributed by atoms with Gasteiger partial charge >= 0.3 is 0 Å². The number of nitrogens with one attached hydrogen (secondary N) is 1. The predicted octanol–water partition coefficient (Wildman–Crippen LogP) is 1.32. The Labute approximate surface area is 150 Å². The Kier molecular flexibility index (Phi) is 5.13. The average molecular weight is 368 g/mol. The molecule has 0 unspecified atom stereocenters. The van der Waals surface area contributed by atoms with Crippen molar-refractivity contribution in [2.45, 2.75) is 31.9 Å². The fourth-order valence-electron chi connectivity index (χ4n) is 4.07. The van der Waals surface area contributed by atoms with Gasteiger partial charge in [0.05, 0.1) is 24.8 Å². The van der Waals surface area contributed by atoms with Crippen molar-refractivity contribution >= 4 is 11.8 Å². The molecule has 1 saturated carbocycles. The summed E-state index contributed by atoms with van der Waals surface area (Å²) >= 11 is 0. The molecule has 26 heavy (non-hydrogen) atoms. The van der Waals surface area contributed by atoms with Gasteiger partial charge in [0.1, 0.15) is 0 Å². The van der Waals surface area contributed by atoms with E-state index in [1.165, 1.54) is 11.8 Å². The summed E-state index contributed by atoms with van der Waals surface area (Å²) in [5.74, 6) is -2.98. The topological polar surface area (TPSA) is 78.9 Å². The molecule has 0 bridgehead atoms. The smallest absolute Gasteiger partial charge is 0.256 e. The molecule has 3 rings (SSSR count). The molecule has 2 aliphatic rings. The molecule has 8 heteroatoms. The van der Waals surface area contributed by atoms with Gasteiger partial charge in [-0.2, -0.15) is 0 Å². The van der Waals surface area contributed by atoms with E-state index in [0.29, 0.717) is 25.9 Å². The van der Waals surface area contributed by atoms with Crippen molar-refractivity contribution in [2.75, 3.05) is 20.2 Å². The van der Waals surface area contributed by atoms with Crippen LogP contribution in [0.2, 0.25) is 0 Å². The second-order valence-electron chi connectivity index (χ2n) is 7.02.